The molecule has 2 aliphatic carbocycles. The van der Waals surface area contributed by atoms with Gasteiger partial charge in [-0.05, 0) is 59.7 Å². The van der Waals surface area contributed by atoms with Gasteiger partial charge in [0.2, 0.25) is 5.95 Å². The Morgan fingerprint density at radius 3 is 3.00 bits per heavy atom. The molecule has 0 saturated carbocycles. The summed E-state index contributed by atoms with van der Waals surface area (Å²) in [6, 6.07) is 12.2. The van der Waals surface area contributed by atoms with Crippen LogP contribution < -0.4 is 16.0 Å². The van der Waals surface area contributed by atoms with Crippen molar-refractivity contribution in [1.82, 2.24) is 15.3 Å². The van der Waals surface area contributed by atoms with Crippen molar-refractivity contribution in [2.75, 3.05) is 10.6 Å². The van der Waals surface area contributed by atoms with Gasteiger partial charge in [0.15, 0.2) is 5.82 Å². The Balaban J connectivity index is 1.26. The first-order valence-corrected chi connectivity index (χ1v) is 10.8. The second-order valence-corrected chi connectivity index (χ2v) is 8.53. The highest BCUT2D eigenvalue weighted by Crippen LogP contribution is 2.38. The molecule has 0 spiro atoms. The summed E-state index contributed by atoms with van der Waals surface area (Å²) in [7, 11) is 0. The van der Waals surface area contributed by atoms with Crippen molar-refractivity contribution in [3.05, 3.63) is 69.9 Å². The van der Waals surface area contributed by atoms with Crippen LogP contribution in [0.5, 0.6) is 0 Å². The number of carbonyl (C=O) groups excluding carboxylic acids is 1. The van der Waals surface area contributed by atoms with Gasteiger partial charge in [-0.15, -0.1) is 0 Å². The zero-order chi connectivity index (χ0) is 20.9. The molecule has 1 unspecified atom stereocenters. The van der Waals surface area contributed by atoms with Crippen LogP contribution in [0.25, 0.3) is 0 Å². The Morgan fingerprint density at radius 1 is 1.13 bits per heavy atom. The highest BCUT2D eigenvalue weighted by atomic mass is 35.5. The summed E-state index contributed by atoms with van der Waals surface area (Å²) >= 11 is 6.38. The monoisotopic (exact) mass is 433 g/mol. The van der Waals surface area contributed by atoms with Crippen molar-refractivity contribution in [1.29, 1.82) is 0 Å². The van der Waals surface area contributed by atoms with E-state index in [1.165, 1.54) is 23.1 Å². The Labute approximate surface area is 184 Å². The summed E-state index contributed by atoms with van der Waals surface area (Å²) < 4.78 is 5.32. The third-order valence-corrected chi connectivity index (χ3v) is 6.48. The average molecular weight is 434 g/mol. The number of hydrogen-bond donors (Lipinski definition) is 3. The van der Waals surface area contributed by atoms with E-state index < -0.39 is 0 Å². The molecule has 2 heterocycles. The molecule has 2 aromatic carbocycles. The topological polar surface area (TPSA) is 88.2 Å². The summed E-state index contributed by atoms with van der Waals surface area (Å²) in [6.45, 7) is 0. The van der Waals surface area contributed by atoms with Gasteiger partial charge in [0, 0.05) is 17.8 Å². The zero-order valence-electron chi connectivity index (χ0n) is 16.6. The van der Waals surface area contributed by atoms with Crippen molar-refractivity contribution in [3.63, 3.8) is 0 Å². The van der Waals surface area contributed by atoms with Crippen LogP contribution in [-0.2, 0) is 24.0 Å². The number of aryl methyl sites for hydroxylation is 1. The Bertz CT molecular complexity index is 1210. The largest absolute Gasteiger partial charge is 0.443 e. The second kappa shape index (κ2) is 7.13. The van der Waals surface area contributed by atoms with Crippen molar-refractivity contribution >= 4 is 40.8 Å². The standard InChI is InChI=1S/C23H20ClN5O2/c24-17-11-25-22(29-21(17)27-18-6-2-4-12-3-1-5-15(12)18)26-14-8-7-13-9-19-20(16(13)10-14)28-23(30)31-19/h2,4,6-8,10-11,19-20H,1,3,5,9H2,(H,28,30)(H2,25,26,27,29)/t19?,20-/m0/s1. The molecule has 1 fully saturated rings. The normalized spacial score (nSPS) is 20.5. The summed E-state index contributed by atoms with van der Waals surface area (Å²) in [6.07, 6.45) is 5.17. The lowest BCUT2D eigenvalue weighted by Gasteiger charge is -2.14. The van der Waals surface area contributed by atoms with Crippen LogP contribution in [0.15, 0.2) is 42.6 Å². The minimum Gasteiger partial charge on any atom is -0.443 e. The van der Waals surface area contributed by atoms with Crippen LogP contribution in [0.2, 0.25) is 5.02 Å². The molecule has 0 radical (unpaired) electrons. The number of nitrogens with zero attached hydrogens (tertiary/aromatic N) is 2. The Morgan fingerprint density at radius 2 is 2.06 bits per heavy atom. The first-order chi connectivity index (χ1) is 15.1. The number of hydrogen-bond acceptors (Lipinski definition) is 6. The van der Waals surface area contributed by atoms with Crippen LogP contribution in [0, 0.1) is 0 Å². The van der Waals surface area contributed by atoms with Crippen molar-refractivity contribution in [3.8, 4) is 0 Å². The number of rotatable bonds is 4. The van der Waals surface area contributed by atoms with Crippen molar-refractivity contribution in [2.45, 2.75) is 37.8 Å². The molecule has 7 nitrogen and oxygen atoms in total. The van der Waals surface area contributed by atoms with Crippen LogP contribution in [0.1, 0.15) is 34.7 Å². The predicted molar refractivity (Wildman–Crippen MR) is 118 cm³/mol. The van der Waals surface area contributed by atoms with Gasteiger partial charge in [-0.25, -0.2) is 9.78 Å². The van der Waals surface area contributed by atoms with Gasteiger partial charge in [0.25, 0.3) is 0 Å². The van der Waals surface area contributed by atoms with Gasteiger partial charge in [-0.2, -0.15) is 4.98 Å². The molecule has 6 rings (SSSR count). The van der Waals surface area contributed by atoms with Crippen molar-refractivity contribution in [2.24, 2.45) is 0 Å². The number of alkyl carbamates (subject to hydrolysis) is 1. The number of fused-ring (bicyclic) bond motifs is 4. The maximum absolute atomic E-state index is 11.5. The molecular formula is C23H20ClN5O2. The van der Waals surface area contributed by atoms with Crippen LogP contribution in [0.3, 0.4) is 0 Å². The fraction of sp³-hybridized carbons (Fsp3) is 0.261. The maximum atomic E-state index is 11.5. The minimum atomic E-state index is -0.358. The van der Waals surface area contributed by atoms with E-state index in [-0.39, 0.29) is 18.2 Å². The van der Waals surface area contributed by atoms with Crippen LogP contribution in [-0.4, -0.2) is 22.2 Å². The lowest BCUT2D eigenvalue weighted by molar-refractivity contribution is 0.136. The molecule has 1 amide bonds. The molecule has 3 aliphatic rings. The number of benzene rings is 2. The number of anilines is 4. The van der Waals surface area contributed by atoms with Crippen molar-refractivity contribution < 1.29 is 9.53 Å². The van der Waals surface area contributed by atoms with E-state index in [1.54, 1.807) is 6.20 Å². The first-order valence-electron chi connectivity index (χ1n) is 10.4. The van der Waals surface area contributed by atoms with E-state index in [0.717, 1.165) is 36.2 Å². The zero-order valence-corrected chi connectivity index (χ0v) is 17.4. The van der Waals surface area contributed by atoms with Gasteiger partial charge in [0.1, 0.15) is 11.1 Å². The summed E-state index contributed by atoms with van der Waals surface area (Å²) in [5, 5.41) is 9.99. The van der Waals surface area contributed by atoms with Gasteiger partial charge in [0.05, 0.1) is 12.2 Å². The molecule has 0 bridgehead atoms. The Hall–Kier alpha value is -3.32. The van der Waals surface area contributed by atoms with E-state index in [2.05, 4.69) is 44.1 Å². The number of nitrogens with one attached hydrogen (secondary N) is 3. The summed E-state index contributed by atoms with van der Waals surface area (Å²) in [5.74, 6) is 1.01. The molecule has 3 N–H and O–H groups in total. The molecule has 1 aliphatic heterocycles. The molecule has 1 saturated heterocycles. The third-order valence-electron chi connectivity index (χ3n) is 6.20. The quantitative estimate of drug-likeness (QED) is 0.547. The number of amides is 1. The number of aromatic nitrogens is 2. The summed E-state index contributed by atoms with van der Waals surface area (Å²) in [4.78, 5) is 20.5. The fourth-order valence-corrected chi connectivity index (χ4v) is 4.91. The highest BCUT2D eigenvalue weighted by Gasteiger charge is 2.41. The molecule has 31 heavy (non-hydrogen) atoms. The van der Waals surface area contributed by atoms with E-state index in [4.69, 9.17) is 16.3 Å². The first kappa shape index (κ1) is 18.4. The van der Waals surface area contributed by atoms with E-state index in [0.29, 0.717) is 16.8 Å². The van der Waals surface area contributed by atoms with E-state index in [9.17, 15) is 4.79 Å². The molecular weight excluding hydrogens is 414 g/mol. The second-order valence-electron chi connectivity index (χ2n) is 8.12. The Kier molecular flexibility index (Phi) is 4.24. The molecule has 1 aromatic heterocycles. The maximum Gasteiger partial charge on any atom is 0.408 e. The lowest BCUT2D eigenvalue weighted by atomic mass is 10.1. The van der Waals surface area contributed by atoms with Gasteiger partial charge >= 0.3 is 6.09 Å². The van der Waals surface area contributed by atoms with Gasteiger partial charge in [-0.1, -0.05) is 29.8 Å². The van der Waals surface area contributed by atoms with Gasteiger partial charge < -0.3 is 20.7 Å². The number of ether oxygens (including phenoxy) is 1. The summed E-state index contributed by atoms with van der Waals surface area (Å²) in [5.41, 5.74) is 6.84. The highest BCUT2D eigenvalue weighted by molar-refractivity contribution is 6.32. The molecule has 2 atom stereocenters. The van der Waals surface area contributed by atoms with Crippen LogP contribution >= 0.6 is 11.6 Å². The smallest absolute Gasteiger partial charge is 0.408 e. The minimum absolute atomic E-state index is 0.104. The number of halogens is 1. The lowest BCUT2D eigenvalue weighted by Crippen LogP contribution is -2.18. The predicted octanol–water partition coefficient (Wildman–Crippen LogP) is 4.81. The molecule has 3 aromatic rings. The number of carbonyl (C=O) groups is 1. The fourth-order valence-electron chi connectivity index (χ4n) is 4.77. The molecule has 156 valence electrons. The SMILES string of the molecule is O=C1N[C@H]2c3cc(Nc4ncc(Cl)c(Nc5cccc6c5CCC6)n4)ccc3CC2O1. The average Bonchev–Trinajstić information content (AvgIpc) is 3.45. The molecule has 8 heteroatoms. The van der Waals surface area contributed by atoms with Gasteiger partial charge in [-0.3, -0.25) is 0 Å². The van der Waals surface area contributed by atoms with E-state index in [1.807, 2.05) is 18.2 Å². The third kappa shape index (κ3) is 3.25. The van der Waals surface area contributed by atoms with E-state index >= 15 is 0 Å². The van der Waals surface area contributed by atoms with Crippen LogP contribution in [0.4, 0.5) is 27.9 Å².